The third-order valence-corrected chi connectivity index (χ3v) is 4.17. The number of rotatable bonds is 5. The molecule has 2 aromatic carbocycles. The number of non-ortho nitro benzene ring substituents is 1. The van der Waals surface area contributed by atoms with Crippen LogP contribution < -0.4 is 14.8 Å². The summed E-state index contributed by atoms with van der Waals surface area (Å²) in [6.07, 6.45) is -1.17. The Bertz CT molecular complexity index is 948. The first-order valence-corrected chi connectivity index (χ1v) is 8.58. The predicted octanol–water partition coefficient (Wildman–Crippen LogP) is 3.20. The molecule has 1 aliphatic heterocycles. The number of nitro benzene ring substituents is 1. The molecule has 1 amide bonds. The van der Waals surface area contributed by atoms with Crippen LogP contribution in [0.4, 0.5) is 11.4 Å². The standard InChI is InChI=1S/C18H15ClN2O7/c1-10(28-18(23)13-9-12(21(24)25)3-4-14(13)19)17(22)20-11-2-5-15-16(8-11)27-7-6-26-15/h2-5,8-10H,6-7H2,1H3,(H,20,22)/t10-/m0/s1. The Kier molecular flexibility index (Phi) is 5.65. The van der Waals surface area contributed by atoms with Gasteiger partial charge in [0.2, 0.25) is 0 Å². The van der Waals surface area contributed by atoms with E-state index in [0.717, 1.165) is 12.1 Å². The monoisotopic (exact) mass is 406 g/mol. The number of hydrogen-bond acceptors (Lipinski definition) is 7. The van der Waals surface area contributed by atoms with E-state index in [9.17, 15) is 19.7 Å². The molecule has 0 spiro atoms. The third-order valence-electron chi connectivity index (χ3n) is 3.84. The lowest BCUT2D eigenvalue weighted by atomic mass is 10.2. The molecule has 0 saturated carbocycles. The van der Waals surface area contributed by atoms with Crippen molar-refractivity contribution in [1.29, 1.82) is 0 Å². The van der Waals surface area contributed by atoms with Gasteiger partial charge in [-0.2, -0.15) is 0 Å². The van der Waals surface area contributed by atoms with E-state index in [1.165, 1.54) is 13.0 Å². The zero-order chi connectivity index (χ0) is 20.3. The number of anilines is 1. The smallest absolute Gasteiger partial charge is 0.340 e. The van der Waals surface area contributed by atoms with Crippen molar-refractivity contribution in [1.82, 2.24) is 0 Å². The van der Waals surface area contributed by atoms with Gasteiger partial charge in [0.05, 0.1) is 15.5 Å². The number of carbonyl (C=O) groups excluding carboxylic acids is 2. The van der Waals surface area contributed by atoms with Crippen molar-refractivity contribution in [2.45, 2.75) is 13.0 Å². The molecular formula is C18H15ClN2O7. The van der Waals surface area contributed by atoms with Crippen LogP contribution in [0.15, 0.2) is 36.4 Å². The van der Waals surface area contributed by atoms with Crippen LogP contribution in [0.25, 0.3) is 0 Å². The van der Waals surface area contributed by atoms with E-state index in [1.54, 1.807) is 18.2 Å². The molecule has 9 nitrogen and oxygen atoms in total. The normalized spacial score (nSPS) is 13.4. The first-order chi connectivity index (χ1) is 13.3. The Morgan fingerprint density at radius 2 is 1.89 bits per heavy atom. The summed E-state index contributed by atoms with van der Waals surface area (Å²) < 4.78 is 15.9. The molecule has 0 aliphatic carbocycles. The lowest BCUT2D eigenvalue weighted by molar-refractivity contribution is -0.384. The van der Waals surface area contributed by atoms with Gasteiger partial charge in [-0.25, -0.2) is 4.79 Å². The molecule has 1 aliphatic rings. The van der Waals surface area contributed by atoms with Crippen LogP contribution in [0, 0.1) is 10.1 Å². The summed E-state index contributed by atoms with van der Waals surface area (Å²) >= 11 is 5.91. The second kappa shape index (κ2) is 8.13. The molecule has 1 atom stereocenters. The van der Waals surface area contributed by atoms with E-state index in [1.807, 2.05) is 0 Å². The third kappa shape index (κ3) is 4.32. The van der Waals surface area contributed by atoms with Crippen molar-refractivity contribution >= 4 is 34.9 Å². The van der Waals surface area contributed by atoms with Gasteiger partial charge in [0, 0.05) is 23.9 Å². The number of esters is 1. The summed E-state index contributed by atoms with van der Waals surface area (Å²) in [5.74, 6) is -0.466. The molecule has 2 aromatic rings. The highest BCUT2D eigenvalue weighted by Crippen LogP contribution is 2.32. The van der Waals surface area contributed by atoms with Crippen LogP contribution in [0.2, 0.25) is 5.02 Å². The van der Waals surface area contributed by atoms with Crippen molar-refractivity contribution < 1.29 is 28.7 Å². The number of halogens is 1. The number of nitrogens with zero attached hydrogens (tertiary/aromatic N) is 1. The van der Waals surface area contributed by atoms with Crippen LogP contribution >= 0.6 is 11.6 Å². The van der Waals surface area contributed by atoms with Gasteiger partial charge in [-0.05, 0) is 25.1 Å². The van der Waals surface area contributed by atoms with E-state index >= 15 is 0 Å². The van der Waals surface area contributed by atoms with E-state index in [2.05, 4.69) is 5.32 Å². The van der Waals surface area contributed by atoms with E-state index in [0.29, 0.717) is 30.4 Å². The zero-order valence-corrected chi connectivity index (χ0v) is 15.4. The molecule has 0 saturated heterocycles. The molecule has 0 unspecified atom stereocenters. The molecule has 0 fully saturated rings. The maximum atomic E-state index is 12.3. The number of nitro groups is 1. The number of fused-ring (bicyclic) bond motifs is 1. The molecule has 1 heterocycles. The fraction of sp³-hybridized carbons (Fsp3) is 0.222. The summed E-state index contributed by atoms with van der Waals surface area (Å²) in [7, 11) is 0. The highest BCUT2D eigenvalue weighted by molar-refractivity contribution is 6.33. The maximum absolute atomic E-state index is 12.3. The van der Waals surface area contributed by atoms with Gasteiger partial charge >= 0.3 is 5.97 Å². The number of benzene rings is 2. The van der Waals surface area contributed by atoms with Gasteiger partial charge in [0.1, 0.15) is 13.2 Å². The number of carbonyl (C=O) groups is 2. The van der Waals surface area contributed by atoms with E-state index in [4.69, 9.17) is 25.8 Å². The molecule has 0 aromatic heterocycles. The summed E-state index contributed by atoms with van der Waals surface area (Å²) in [5, 5.41) is 13.4. The molecule has 146 valence electrons. The number of nitrogens with one attached hydrogen (secondary N) is 1. The minimum atomic E-state index is -1.17. The van der Waals surface area contributed by atoms with Gasteiger partial charge in [-0.15, -0.1) is 0 Å². The maximum Gasteiger partial charge on any atom is 0.340 e. The van der Waals surface area contributed by atoms with Crippen molar-refractivity contribution in [3.8, 4) is 11.5 Å². The van der Waals surface area contributed by atoms with Crippen molar-refractivity contribution in [3.05, 3.63) is 57.1 Å². The Morgan fingerprint density at radius 3 is 2.61 bits per heavy atom. The quantitative estimate of drug-likeness (QED) is 0.460. The summed E-state index contributed by atoms with van der Waals surface area (Å²) in [5.41, 5.74) is -0.0786. The van der Waals surface area contributed by atoms with Crippen LogP contribution in [0.3, 0.4) is 0 Å². The number of ether oxygens (including phenoxy) is 3. The fourth-order valence-corrected chi connectivity index (χ4v) is 2.62. The van der Waals surface area contributed by atoms with Crippen LogP contribution in [-0.4, -0.2) is 36.1 Å². The lowest BCUT2D eigenvalue weighted by Crippen LogP contribution is -2.30. The second-order valence-corrected chi connectivity index (χ2v) is 6.22. The fourth-order valence-electron chi connectivity index (χ4n) is 2.43. The molecule has 1 N–H and O–H groups in total. The average Bonchev–Trinajstić information content (AvgIpc) is 2.67. The van der Waals surface area contributed by atoms with E-state index < -0.39 is 22.9 Å². The first kappa shape index (κ1) is 19.4. The Balaban J connectivity index is 1.66. The molecule has 10 heteroatoms. The SMILES string of the molecule is C[C@H](OC(=O)c1cc([N+](=O)[O-])ccc1Cl)C(=O)Nc1ccc2c(c1)OCCO2. The zero-order valence-electron chi connectivity index (χ0n) is 14.6. The molecule has 3 rings (SSSR count). The molecule has 0 radical (unpaired) electrons. The van der Waals surface area contributed by atoms with Crippen LogP contribution in [0.1, 0.15) is 17.3 Å². The Labute approximate surface area is 164 Å². The minimum absolute atomic E-state index is 0.0185. The summed E-state index contributed by atoms with van der Waals surface area (Å²) in [6, 6.07) is 8.25. The van der Waals surface area contributed by atoms with Crippen molar-refractivity contribution in [3.63, 3.8) is 0 Å². The summed E-state index contributed by atoms with van der Waals surface area (Å²) in [4.78, 5) is 34.7. The van der Waals surface area contributed by atoms with Gasteiger partial charge in [-0.3, -0.25) is 14.9 Å². The Hall–Kier alpha value is -3.33. The largest absolute Gasteiger partial charge is 0.486 e. The van der Waals surface area contributed by atoms with Crippen molar-refractivity contribution in [2.24, 2.45) is 0 Å². The molecule has 0 bridgehead atoms. The van der Waals surface area contributed by atoms with Gasteiger partial charge in [0.25, 0.3) is 11.6 Å². The lowest BCUT2D eigenvalue weighted by Gasteiger charge is -2.19. The van der Waals surface area contributed by atoms with Gasteiger partial charge in [-0.1, -0.05) is 11.6 Å². The minimum Gasteiger partial charge on any atom is -0.486 e. The first-order valence-electron chi connectivity index (χ1n) is 8.20. The number of hydrogen-bond donors (Lipinski definition) is 1. The van der Waals surface area contributed by atoms with Crippen LogP contribution in [0.5, 0.6) is 11.5 Å². The van der Waals surface area contributed by atoms with Crippen molar-refractivity contribution in [2.75, 3.05) is 18.5 Å². The van der Waals surface area contributed by atoms with Crippen LogP contribution in [-0.2, 0) is 9.53 Å². The summed E-state index contributed by atoms with van der Waals surface area (Å²) in [6.45, 7) is 2.23. The van der Waals surface area contributed by atoms with Gasteiger partial charge < -0.3 is 19.5 Å². The van der Waals surface area contributed by atoms with E-state index in [-0.39, 0.29) is 16.3 Å². The topological polar surface area (TPSA) is 117 Å². The highest BCUT2D eigenvalue weighted by Gasteiger charge is 2.23. The predicted molar refractivity (Wildman–Crippen MR) is 99.0 cm³/mol. The number of amides is 1. The average molecular weight is 407 g/mol. The second-order valence-electron chi connectivity index (χ2n) is 5.82. The Morgan fingerprint density at radius 1 is 1.18 bits per heavy atom. The van der Waals surface area contributed by atoms with Gasteiger partial charge in [0.15, 0.2) is 17.6 Å². The highest BCUT2D eigenvalue weighted by atomic mass is 35.5. The molecular weight excluding hydrogens is 392 g/mol. The molecule has 28 heavy (non-hydrogen) atoms.